The van der Waals surface area contributed by atoms with E-state index in [9.17, 15) is 0 Å². The minimum absolute atomic E-state index is 0.791. The Bertz CT molecular complexity index is 1060. The maximum absolute atomic E-state index is 5.44. The molecule has 1 saturated heterocycles. The molecule has 1 fully saturated rings. The summed E-state index contributed by atoms with van der Waals surface area (Å²) in [5.41, 5.74) is 5.42. The van der Waals surface area contributed by atoms with Crippen molar-refractivity contribution in [3.8, 4) is 11.3 Å². The van der Waals surface area contributed by atoms with Crippen molar-refractivity contribution in [2.75, 3.05) is 38.3 Å². The Morgan fingerprint density at radius 3 is 2.38 bits per heavy atom. The molecule has 0 bridgehead atoms. The molecule has 0 N–H and O–H groups in total. The van der Waals surface area contributed by atoms with Crippen LogP contribution in [0.5, 0.6) is 0 Å². The molecule has 0 spiro atoms. The number of halogens is 1. The molecule has 1 aliphatic heterocycles. The maximum Gasteiger partial charge on any atom is 0.205 e. The van der Waals surface area contributed by atoms with Crippen LogP contribution in [0.4, 0.5) is 5.69 Å². The fourth-order valence-corrected chi connectivity index (χ4v) is 4.37. The lowest BCUT2D eigenvalue weighted by atomic mass is 10.1. The van der Waals surface area contributed by atoms with Crippen molar-refractivity contribution >= 4 is 38.7 Å². The van der Waals surface area contributed by atoms with E-state index < -0.39 is 0 Å². The first kappa shape index (κ1) is 20.1. The van der Waals surface area contributed by atoms with E-state index in [4.69, 9.17) is 9.84 Å². The third kappa shape index (κ3) is 4.52. The predicted molar refractivity (Wildman–Crippen MR) is 124 cm³/mol. The quantitative estimate of drug-likeness (QED) is 0.522. The second-order valence-electron chi connectivity index (χ2n) is 6.78. The molecular weight excluding hydrogens is 448 g/mol. The molecule has 0 unspecified atom stereocenters. The monoisotopic (exact) mass is 470 g/mol. The van der Waals surface area contributed by atoms with E-state index in [2.05, 4.69) is 67.6 Å². The lowest BCUT2D eigenvalue weighted by Gasteiger charge is -2.28. The Morgan fingerprint density at radius 2 is 1.72 bits per heavy atom. The van der Waals surface area contributed by atoms with E-state index in [-0.39, 0.29) is 0 Å². The number of nitrogens with zero attached hydrogens (tertiary/aromatic N) is 4. The van der Waals surface area contributed by atoms with Crippen LogP contribution in [-0.4, -0.2) is 43.7 Å². The highest BCUT2D eigenvalue weighted by molar-refractivity contribution is 9.10. The number of hydrogen-bond donors (Lipinski definition) is 0. The minimum atomic E-state index is 0.791. The molecular formula is C22H23BrN4OS. The summed E-state index contributed by atoms with van der Waals surface area (Å²) in [6.07, 6.45) is 0. The van der Waals surface area contributed by atoms with E-state index in [1.54, 1.807) is 18.4 Å². The van der Waals surface area contributed by atoms with Crippen molar-refractivity contribution in [3.05, 3.63) is 68.7 Å². The number of anilines is 1. The first-order chi connectivity index (χ1) is 14.2. The summed E-state index contributed by atoms with van der Waals surface area (Å²) in [4.78, 5) is 7.62. The van der Waals surface area contributed by atoms with Crippen molar-refractivity contribution in [2.24, 2.45) is 10.1 Å². The lowest BCUT2D eigenvalue weighted by Crippen LogP contribution is -2.36. The van der Waals surface area contributed by atoms with Crippen LogP contribution in [0.2, 0.25) is 0 Å². The van der Waals surface area contributed by atoms with Crippen LogP contribution in [-0.2, 0) is 4.74 Å². The number of rotatable bonds is 4. The average Bonchev–Trinajstić information content (AvgIpc) is 3.17. The largest absolute Gasteiger partial charge is 0.378 e. The van der Waals surface area contributed by atoms with E-state index in [0.717, 1.165) is 58.1 Å². The molecule has 150 valence electrons. The van der Waals surface area contributed by atoms with Gasteiger partial charge in [-0.25, -0.2) is 4.68 Å². The van der Waals surface area contributed by atoms with Gasteiger partial charge in [-0.2, -0.15) is 5.10 Å². The smallest absolute Gasteiger partial charge is 0.205 e. The molecule has 1 aliphatic rings. The van der Waals surface area contributed by atoms with Crippen molar-refractivity contribution in [1.29, 1.82) is 0 Å². The summed E-state index contributed by atoms with van der Waals surface area (Å²) in [5, 5.41) is 7.01. The summed E-state index contributed by atoms with van der Waals surface area (Å²) < 4.78 is 8.43. The van der Waals surface area contributed by atoms with Gasteiger partial charge in [-0.05, 0) is 36.8 Å². The Kier molecular flexibility index (Phi) is 6.28. The summed E-state index contributed by atoms with van der Waals surface area (Å²) in [6.45, 7) is 5.50. The Labute approximate surface area is 183 Å². The fourth-order valence-electron chi connectivity index (χ4n) is 3.31. The molecule has 5 nitrogen and oxygen atoms in total. The first-order valence-corrected chi connectivity index (χ1v) is 11.2. The highest BCUT2D eigenvalue weighted by Gasteiger charge is 2.12. The van der Waals surface area contributed by atoms with Gasteiger partial charge in [0.1, 0.15) is 0 Å². The Morgan fingerprint density at radius 1 is 1.03 bits per heavy atom. The van der Waals surface area contributed by atoms with Crippen molar-refractivity contribution in [1.82, 2.24) is 4.68 Å². The summed E-state index contributed by atoms with van der Waals surface area (Å²) >= 11 is 5.09. The third-order valence-corrected chi connectivity index (χ3v) is 6.36. The Balaban J connectivity index is 1.65. The number of thiazole rings is 1. The summed E-state index contributed by atoms with van der Waals surface area (Å²) in [6, 6.07) is 16.9. The van der Waals surface area contributed by atoms with Crippen molar-refractivity contribution < 1.29 is 4.74 Å². The van der Waals surface area contributed by atoms with Gasteiger partial charge in [0.25, 0.3) is 0 Å². The maximum atomic E-state index is 5.44. The molecule has 1 aromatic heterocycles. The molecule has 29 heavy (non-hydrogen) atoms. The number of hydrogen-bond acceptors (Lipinski definition) is 5. The summed E-state index contributed by atoms with van der Waals surface area (Å²) in [7, 11) is 1.80. The zero-order valence-electron chi connectivity index (χ0n) is 16.5. The van der Waals surface area contributed by atoms with Crippen LogP contribution in [0.25, 0.3) is 11.3 Å². The highest BCUT2D eigenvalue weighted by Crippen LogP contribution is 2.23. The number of aromatic nitrogens is 1. The van der Waals surface area contributed by atoms with Crippen molar-refractivity contribution in [3.63, 3.8) is 0 Å². The van der Waals surface area contributed by atoms with Crippen LogP contribution in [0, 0.1) is 0 Å². The molecule has 2 aromatic carbocycles. The van der Waals surface area contributed by atoms with Crippen LogP contribution in [0.15, 0.2) is 68.5 Å². The molecule has 3 aromatic rings. The van der Waals surface area contributed by atoms with Crippen LogP contribution < -0.4 is 9.70 Å². The Hall–Kier alpha value is -2.22. The van der Waals surface area contributed by atoms with Crippen LogP contribution in [0.3, 0.4) is 0 Å². The van der Waals surface area contributed by atoms with E-state index in [1.165, 1.54) is 5.69 Å². The van der Waals surface area contributed by atoms with Crippen LogP contribution >= 0.6 is 27.3 Å². The van der Waals surface area contributed by atoms with E-state index in [0.29, 0.717) is 0 Å². The van der Waals surface area contributed by atoms with Gasteiger partial charge < -0.3 is 9.64 Å². The number of morpholine rings is 1. The topological polar surface area (TPSA) is 42.1 Å². The zero-order valence-corrected chi connectivity index (χ0v) is 18.9. The summed E-state index contributed by atoms with van der Waals surface area (Å²) in [5.74, 6) is 0. The standard InChI is InChI=1S/C22H23BrN4OS/c1-16(17-5-9-20(10-6-17)26-11-13-28-14-12-26)25-27-21(15-29-22(27)24-2)18-3-7-19(23)8-4-18/h3-10,15H,11-14H2,1-2H3. The SMILES string of the molecule is CN=c1scc(-c2ccc(Br)cc2)n1N=C(C)c1ccc(N2CCOCC2)cc1. The molecule has 0 saturated carbocycles. The predicted octanol–water partition coefficient (Wildman–Crippen LogP) is 4.62. The van der Waals surface area contributed by atoms with Gasteiger partial charge >= 0.3 is 0 Å². The van der Waals surface area contributed by atoms with E-state index in [1.807, 2.05) is 23.7 Å². The van der Waals surface area contributed by atoms with Crippen molar-refractivity contribution in [2.45, 2.75) is 6.92 Å². The third-order valence-electron chi connectivity index (χ3n) is 4.93. The van der Waals surface area contributed by atoms with Gasteiger partial charge in [-0.15, -0.1) is 11.3 Å². The molecule has 2 heterocycles. The molecule has 4 rings (SSSR count). The van der Waals surface area contributed by atoms with Gasteiger partial charge in [-0.3, -0.25) is 4.99 Å². The van der Waals surface area contributed by atoms with Gasteiger partial charge in [0.2, 0.25) is 4.80 Å². The lowest BCUT2D eigenvalue weighted by molar-refractivity contribution is 0.122. The molecule has 0 aliphatic carbocycles. The molecule has 0 atom stereocenters. The zero-order chi connectivity index (χ0) is 20.2. The number of benzene rings is 2. The van der Waals surface area contributed by atoms with Crippen LogP contribution in [0.1, 0.15) is 12.5 Å². The first-order valence-electron chi connectivity index (χ1n) is 9.54. The van der Waals surface area contributed by atoms with Gasteiger partial charge in [0.15, 0.2) is 0 Å². The molecule has 0 amide bonds. The van der Waals surface area contributed by atoms with E-state index >= 15 is 0 Å². The minimum Gasteiger partial charge on any atom is -0.378 e. The van der Waals surface area contributed by atoms with Gasteiger partial charge in [0.05, 0.1) is 24.6 Å². The number of ether oxygens (including phenoxy) is 1. The second-order valence-corrected chi connectivity index (χ2v) is 8.53. The van der Waals surface area contributed by atoms with Gasteiger partial charge in [-0.1, -0.05) is 40.2 Å². The average molecular weight is 471 g/mol. The molecule has 7 heteroatoms. The normalized spacial score (nSPS) is 15.8. The molecule has 0 radical (unpaired) electrons. The highest BCUT2D eigenvalue weighted by atomic mass is 79.9. The second kappa shape index (κ2) is 9.07. The van der Waals surface area contributed by atoms with Gasteiger partial charge in [0, 0.05) is 41.2 Å². The fraction of sp³-hybridized carbons (Fsp3) is 0.273.